The van der Waals surface area contributed by atoms with Crippen molar-refractivity contribution in [1.29, 1.82) is 5.26 Å². The number of H-pyrrole nitrogens is 1. The highest BCUT2D eigenvalue weighted by atomic mass is 16.5. The van der Waals surface area contributed by atoms with Crippen molar-refractivity contribution in [3.8, 4) is 23.3 Å². The molecule has 0 spiro atoms. The van der Waals surface area contributed by atoms with Gasteiger partial charge in [0.15, 0.2) is 11.5 Å². The minimum Gasteiger partial charge on any atom is -0.504 e. The number of benzene rings is 2. The third kappa shape index (κ3) is 2.47. The van der Waals surface area contributed by atoms with Crippen LogP contribution in [0.4, 0.5) is 0 Å². The summed E-state index contributed by atoms with van der Waals surface area (Å²) >= 11 is 0. The zero-order valence-electron chi connectivity index (χ0n) is 14.3. The number of nitriles is 1. The Balaban J connectivity index is 2.06. The van der Waals surface area contributed by atoms with Crippen LogP contribution in [-0.2, 0) is 0 Å². The number of hydrogen-bond donors (Lipinski definition) is 3. The molecule has 4 rings (SSSR count). The number of para-hydroxylation sites is 1. The maximum Gasteiger partial charge on any atom is 0.256 e. The molecule has 4 N–H and O–H groups in total. The van der Waals surface area contributed by atoms with Crippen molar-refractivity contribution >= 4 is 10.9 Å². The van der Waals surface area contributed by atoms with E-state index in [1.54, 1.807) is 24.3 Å². The van der Waals surface area contributed by atoms with Crippen LogP contribution in [0.2, 0.25) is 0 Å². The zero-order valence-corrected chi connectivity index (χ0v) is 14.3. The second-order valence-electron chi connectivity index (χ2n) is 6.10. The van der Waals surface area contributed by atoms with Crippen molar-refractivity contribution < 1.29 is 14.6 Å². The third-order valence-electron chi connectivity index (χ3n) is 4.62. The van der Waals surface area contributed by atoms with Crippen molar-refractivity contribution in [2.24, 2.45) is 5.73 Å². The number of nitrogens with one attached hydrogen (secondary N) is 1. The molecule has 0 bridgehead atoms. The van der Waals surface area contributed by atoms with Crippen LogP contribution in [-0.4, -0.2) is 17.2 Å². The topological polar surface area (TPSA) is 121 Å². The molecule has 0 radical (unpaired) electrons. The van der Waals surface area contributed by atoms with E-state index >= 15 is 0 Å². The maximum atomic E-state index is 12.9. The minimum absolute atomic E-state index is 0.0450. The van der Waals surface area contributed by atoms with Gasteiger partial charge in [0, 0.05) is 5.39 Å². The number of methoxy groups -OCH3 is 1. The van der Waals surface area contributed by atoms with E-state index in [9.17, 15) is 15.2 Å². The van der Waals surface area contributed by atoms with Crippen molar-refractivity contribution in [3.05, 3.63) is 75.4 Å². The summed E-state index contributed by atoms with van der Waals surface area (Å²) in [4.78, 5) is 15.7. The van der Waals surface area contributed by atoms with Gasteiger partial charge in [0.25, 0.3) is 5.56 Å². The first-order valence-corrected chi connectivity index (χ1v) is 8.14. The minimum atomic E-state index is -0.749. The SMILES string of the molecule is COc1cc(C2C(C#N)=C(N)Oc3c2c(=O)[nH]c2ccccc32)ccc1O. The predicted octanol–water partition coefficient (Wildman–Crippen LogP) is 2.46. The number of nitrogens with two attached hydrogens (primary N) is 1. The molecule has 27 heavy (non-hydrogen) atoms. The fraction of sp³-hybridized carbons (Fsp3) is 0.100. The Morgan fingerprint density at radius 1 is 1.30 bits per heavy atom. The van der Waals surface area contributed by atoms with Gasteiger partial charge in [-0.15, -0.1) is 0 Å². The number of ether oxygens (including phenoxy) is 2. The smallest absolute Gasteiger partial charge is 0.256 e. The summed E-state index contributed by atoms with van der Waals surface area (Å²) in [7, 11) is 1.42. The quantitative estimate of drug-likeness (QED) is 0.645. The molecule has 0 saturated heterocycles. The summed E-state index contributed by atoms with van der Waals surface area (Å²) in [6.45, 7) is 0. The molecule has 1 aromatic heterocycles. The largest absolute Gasteiger partial charge is 0.504 e. The fourth-order valence-electron chi connectivity index (χ4n) is 3.38. The number of nitrogens with zero attached hydrogens (tertiary/aromatic N) is 1. The highest BCUT2D eigenvalue weighted by Crippen LogP contribution is 2.44. The molecule has 7 heteroatoms. The van der Waals surface area contributed by atoms with Crippen LogP contribution >= 0.6 is 0 Å². The molecule has 134 valence electrons. The molecule has 2 aromatic carbocycles. The summed E-state index contributed by atoms with van der Waals surface area (Å²) < 4.78 is 10.9. The lowest BCUT2D eigenvalue weighted by Gasteiger charge is -2.26. The van der Waals surface area contributed by atoms with Gasteiger partial charge >= 0.3 is 0 Å². The Hall–Kier alpha value is -3.92. The van der Waals surface area contributed by atoms with Gasteiger partial charge in [0.1, 0.15) is 17.4 Å². The number of phenolic OH excluding ortho intramolecular Hbond substituents is 1. The second kappa shape index (κ2) is 6.11. The molecule has 3 aromatic rings. The Morgan fingerprint density at radius 3 is 2.81 bits per heavy atom. The number of aromatic amines is 1. The molecule has 1 aliphatic rings. The number of pyridine rings is 1. The number of hydrogen-bond acceptors (Lipinski definition) is 6. The number of rotatable bonds is 2. The van der Waals surface area contributed by atoms with Crippen LogP contribution in [0.1, 0.15) is 17.0 Å². The predicted molar refractivity (Wildman–Crippen MR) is 98.5 cm³/mol. The van der Waals surface area contributed by atoms with E-state index in [-0.39, 0.29) is 34.1 Å². The highest BCUT2D eigenvalue weighted by Gasteiger charge is 2.34. The third-order valence-corrected chi connectivity index (χ3v) is 4.62. The van der Waals surface area contributed by atoms with Gasteiger partial charge in [-0.2, -0.15) is 5.26 Å². The molecule has 1 unspecified atom stereocenters. The zero-order chi connectivity index (χ0) is 19.1. The molecule has 0 aliphatic carbocycles. The lowest BCUT2D eigenvalue weighted by atomic mass is 9.83. The van der Waals surface area contributed by atoms with E-state index < -0.39 is 5.92 Å². The molecule has 0 amide bonds. The monoisotopic (exact) mass is 361 g/mol. The number of phenols is 1. The molecule has 7 nitrogen and oxygen atoms in total. The van der Waals surface area contributed by atoms with Gasteiger partial charge < -0.3 is 25.3 Å². The van der Waals surface area contributed by atoms with Crippen molar-refractivity contribution in [2.45, 2.75) is 5.92 Å². The average molecular weight is 361 g/mol. The maximum absolute atomic E-state index is 12.9. The number of fused-ring (bicyclic) bond motifs is 3. The summed E-state index contributed by atoms with van der Waals surface area (Å²) in [6.07, 6.45) is 0. The second-order valence-corrected chi connectivity index (χ2v) is 6.10. The molecule has 0 fully saturated rings. The van der Waals surface area contributed by atoms with E-state index in [1.807, 2.05) is 18.2 Å². The lowest BCUT2D eigenvalue weighted by Crippen LogP contribution is -2.27. The normalized spacial score (nSPS) is 15.8. The van der Waals surface area contributed by atoms with Crippen LogP contribution in [0, 0.1) is 11.3 Å². The summed E-state index contributed by atoms with van der Waals surface area (Å²) in [5.74, 6) is -0.299. The number of allylic oxidation sites excluding steroid dienone is 1. The molecular weight excluding hydrogens is 346 g/mol. The molecule has 1 atom stereocenters. The molecular formula is C20H15N3O4. The van der Waals surface area contributed by atoms with Crippen LogP contribution in [0.15, 0.2) is 58.7 Å². The van der Waals surface area contributed by atoms with Gasteiger partial charge in [0.2, 0.25) is 5.88 Å². The van der Waals surface area contributed by atoms with Crippen molar-refractivity contribution in [3.63, 3.8) is 0 Å². The Morgan fingerprint density at radius 2 is 2.07 bits per heavy atom. The van der Waals surface area contributed by atoms with Crippen LogP contribution in [0.5, 0.6) is 17.2 Å². The highest BCUT2D eigenvalue weighted by molar-refractivity contribution is 5.87. The first kappa shape index (κ1) is 16.5. The Labute approximate surface area is 153 Å². The summed E-state index contributed by atoms with van der Waals surface area (Å²) in [5.41, 5.74) is 7.23. The molecule has 1 aliphatic heterocycles. The molecule has 0 saturated carbocycles. The number of aromatic nitrogens is 1. The first-order valence-electron chi connectivity index (χ1n) is 8.14. The van der Waals surface area contributed by atoms with E-state index in [0.29, 0.717) is 22.2 Å². The van der Waals surface area contributed by atoms with Crippen LogP contribution < -0.4 is 20.8 Å². The van der Waals surface area contributed by atoms with E-state index in [1.165, 1.54) is 13.2 Å². The van der Waals surface area contributed by atoms with Gasteiger partial charge in [-0.1, -0.05) is 18.2 Å². The van der Waals surface area contributed by atoms with Crippen LogP contribution in [0.3, 0.4) is 0 Å². The van der Waals surface area contributed by atoms with E-state index in [2.05, 4.69) is 4.98 Å². The summed E-state index contributed by atoms with van der Waals surface area (Å²) in [6, 6.07) is 13.9. The fourth-order valence-corrected chi connectivity index (χ4v) is 3.38. The van der Waals surface area contributed by atoms with Gasteiger partial charge in [-0.05, 0) is 29.8 Å². The lowest BCUT2D eigenvalue weighted by molar-refractivity contribution is 0.372. The number of aromatic hydroxyl groups is 1. The van der Waals surface area contributed by atoms with E-state index in [0.717, 1.165) is 0 Å². The molecule has 2 heterocycles. The Kier molecular flexibility index (Phi) is 3.74. The van der Waals surface area contributed by atoms with Crippen LogP contribution in [0.25, 0.3) is 10.9 Å². The Bertz CT molecular complexity index is 1200. The van der Waals surface area contributed by atoms with Gasteiger partial charge in [-0.25, -0.2) is 0 Å². The van der Waals surface area contributed by atoms with E-state index in [4.69, 9.17) is 15.2 Å². The van der Waals surface area contributed by atoms with Gasteiger partial charge in [-0.3, -0.25) is 4.79 Å². The average Bonchev–Trinajstić information content (AvgIpc) is 2.67. The van der Waals surface area contributed by atoms with Gasteiger partial charge in [0.05, 0.1) is 24.1 Å². The van der Waals surface area contributed by atoms with Crippen molar-refractivity contribution in [1.82, 2.24) is 4.98 Å². The standard InChI is InChI=1S/C20H15N3O4/c1-26-15-8-10(6-7-14(15)24)16-12(9-21)19(22)27-18-11-4-2-3-5-13(11)23-20(25)17(16)18/h2-8,16,24H,22H2,1H3,(H,23,25). The van der Waals surface area contributed by atoms with Crippen molar-refractivity contribution in [2.75, 3.05) is 7.11 Å². The first-order chi connectivity index (χ1) is 13.0. The summed E-state index contributed by atoms with van der Waals surface area (Å²) in [5, 5.41) is 20.2.